The van der Waals surface area contributed by atoms with Gasteiger partial charge in [0, 0.05) is 0 Å². The van der Waals surface area contributed by atoms with Crippen molar-refractivity contribution in [3.8, 4) is 17.1 Å². The Morgan fingerprint density at radius 1 is 0.735 bits per heavy atom. The molecule has 0 N–H and O–H groups in total. The predicted octanol–water partition coefficient (Wildman–Crippen LogP) is 9.55. The molecule has 1 aliphatic heterocycles. The van der Waals surface area contributed by atoms with E-state index in [0.717, 1.165) is 6.42 Å². The van der Waals surface area contributed by atoms with Gasteiger partial charge in [0.05, 0.1) is 12.6 Å². The van der Waals surface area contributed by atoms with E-state index >= 15 is 0 Å². The van der Waals surface area contributed by atoms with Gasteiger partial charge in [0.1, 0.15) is 17.5 Å². The molecule has 1 aromatic heterocycles. The molecule has 0 aliphatic carbocycles. The second kappa shape index (κ2) is 11.8. The summed E-state index contributed by atoms with van der Waals surface area (Å²) in [7, 11) is 2.25. The summed E-state index contributed by atoms with van der Waals surface area (Å²) in [5.41, 5.74) is 14.2. The monoisotopic (exact) mass is 645 g/mol. The molecule has 6 aromatic rings. The number of aromatic nitrogens is 2. The van der Waals surface area contributed by atoms with Crippen LogP contribution in [0.1, 0.15) is 109 Å². The zero-order chi connectivity index (χ0) is 35.2. The van der Waals surface area contributed by atoms with Crippen molar-refractivity contribution in [1.29, 1.82) is 0 Å². The molecule has 0 saturated heterocycles. The minimum atomic E-state index is 0.00480. The van der Waals surface area contributed by atoms with Crippen molar-refractivity contribution in [3.63, 3.8) is 0 Å². The van der Waals surface area contributed by atoms with Crippen molar-refractivity contribution in [2.24, 2.45) is 12.5 Å². The molecular formula is C46H54BN2+. The fraction of sp³-hybridized carbons (Fsp3) is 0.370. The maximum absolute atomic E-state index is 2.62. The van der Waals surface area contributed by atoms with Crippen molar-refractivity contribution in [1.82, 2.24) is 4.57 Å². The van der Waals surface area contributed by atoms with Crippen molar-refractivity contribution >= 4 is 44.8 Å². The minimum Gasteiger partial charge on any atom is -0.233 e. The van der Waals surface area contributed by atoms with Gasteiger partial charge in [-0.05, 0) is 103 Å². The van der Waals surface area contributed by atoms with Gasteiger partial charge in [0.15, 0.2) is 0 Å². The van der Waals surface area contributed by atoms with Gasteiger partial charge in [-0.15, -0.1) is 0 Å². The maximum Gasteiger partial charge on any atom is 0.303 e. The van der Waals surface area contributed by atoms with Crippen molar-refractivity contribution < 1.29 is 4.57 Å². The lowest BCUT2D eigenvalue weighted by Gasteiger charge is -2.23. The summed E-state index contributed by atoms with van der Waals surface area (Å²) in [4.78, 5) is 0. The van der Waals surface area contributed by atoms with Crippen LogP contribution in [-0.4, -0.2) is 11.3 Å². The average Bonchev–Trinajstić information content (AvgIpc) is 3.50. The number of benzene rings is 5. The van der Waals surface area contributed by atoms with Gasteiger partial charge < -0.3 is 0 Å². The van der Waals surface area contributed by atoms with Crippen LogP contribution in [0.3, 0.4) is 0 Å². The molecule has 0 atom stereocenters. The summed E-state index contributed by atoms with van der Waals surface area (Å²) >= 11 is 0. The molecule has 0 spiro atoms. The highest BCUT2D eigenvalue weighted by molar-refractivity contribution is 6.97. The molecule has 0 amide bonds. The van der Waals surface area contributed by atoms with Gasteiger partial charge in [0.25, 0.3) is 5.82 Å². The summed E-state index contributed by atoms with van der Waals surface area (Å²) in [5, 5.41) is 5.34. The van der Waals surface area contributed by atoms with Crippen LogP contribution in [0.2, 0.25) is 0 Å². The first-order chi connectivity index (χ1) is 23.0. The Labute approximate surface area is 295 Å². The molecule has 0 bridgehead atoms. The number of rotatable bonds is 5. The Bertz CT molecular complexity index is 2220. The van der Waals surface area contributed by atoms with Gasteiger partial charge in [-0.1, -0.05) is 141 Å². The Morgan fingerprint density at radius 2 is 1.39 bits per heavy atom. The summed E-state index contributed by atoms with van der Waals surface area (Å²) in [6.45, 7) is 25.9. The molecule has 5 aromatic carbocycles. The fourth-order valence-corrected chi connectivity index (χ4v) is 8.64. The molecular weight excluding hydrogens is 591 g/mol. The largest absolute Gasteiger partial charge is 0.303 e. The molecule has 0 saturated carbocycles. The smallest absolute Gasteiger partial charge is 0.233 e. The number of hydrogen-bond donors (Lipinski definition) is 0. The predicted molar refractivity (Wildman–Crippen MR) is 213 cm³/mol. The summed E-state index contributed by atoms with van der Waals surface area (Å²) in [6.07, 6.45) is 3.50. The molecule has 7 rings (SSSR count). The van der Waals surface area contributed by atoms with Crippen LogP contribution in [0.4, 0.5) is 0 Å². The first-order valence-electron chi connectivity index (χ1n) is 18.4. The van der Waals surface area contributed by atoms with Gasteiger partial charge in [0.2, 0.25) is 0 Å². The van der Waals surface area contributed by atoms with Crippen molar-refractivity contribution in [2.45, 2.75) is 99.8 Å². The Morgan fingerprint density at radius 3 is 2.00 bits per heavy atom. The Kier molecular flexibility index (Phi) is 8.01. The molecule has 2 nitrogen and oxygen atoms in total. The summed E-state index contributed by atoms with van der Waals surface area (Å²) in [5.74, 6) is 2.10. The second-order valence-electron chi connectivity index (χ2n) is 17.6. The normalized spacial score (nSPS) is 13.3. The molecule has 3 heteroatoms. The van der Waals surface area contributed by atoms with E-state index in [1.807, 2.05) is 0 Å². The molecule has 0 radical (unpaired) electrons. The van der Waals surface area contributed by atoms with Crippen LogP contribution in [0.5, 0.6) is 0 Å². The third kappa shape index (κ3) is 5.64. The average molecular weight is 646 g/mol. The molecule has 250 valence electrons. The van der Waals surface area contributed by atoms with Crippen LogP contribution in [0.25, 0.3) is 38.6 Å². The highest BCUT2D eigenvalue weighted by Crippen LogP contribution is 2.38. The Hall–Kier alpha value is -4.11. The SMILES string of the molecule is Cc1c(-c2n3c(c[n+]2C)B(c2c(C(C)C)cccc2C(C)C)c2cc4cc(CC(C)(C)C)ccc4cc2-3)cc(C(C)(C)C)c2ccccc12. The molecule has 1 aliphatic rings. The zero-order valence-electron chi connectivity index (χ0n) is 31.9. The molecule has 0 fully saturated rings. The van der Waals surface area contributed by atoms with E-state index in [1.165, 1.54) is 83.0 Å². The lowest BCUT2D eigenvalue weighted by atomic mass is 9.37. The Balaban J connectivity index is 1.59. The third-order valence-electron chi connectivity index (χ3n) is 10.8. The van der Waals surface area contributed by atoms with Crippen LogP contribution >= 0.6 is 0 Å². The topological polar surface area (TPSA) is 8.81 Å². The van der Waals surface area contributed by atoms with Gasteiger partial charge >= 0.3 is 6.71 Å². The van der Waals surface area contributed by atoms with E-state index in [-0.39, 0.29) is 17.5 Å². The lowest BCUT2D eigenvalue weighted by molar-refractivity contribution is -0.659. The molecule has 49 heavy (non-hydrogen) atoms. The van der Waals surface area contributed by atoms with E-state index < -0.39 is 0 Å². The quantitative estimate of drug-likeness (QED) is 0.130. The number of imidazole rings is 1. The van der Waals surface area contributed by atoms with Gasteiger partial charge in [-0.25, -0.2) is 9.13 Å². The highest BCUT2D eigenvalue weighted by Gasteiger charge is 2.46. The van der Waals surface area contributed by atoms with E-state index in [9.17, 15) is 0 Å². The van der Waals surface area contributed by atoms with E-state index in [2.05, 4.69) is 177 Å². The summed E-state index contributed by atoms with van der Waals surface area (Å²) in [6, 6.07) is 30.7. The van der Waals surface area contributed by atoms with Crippen molar-refractivity contribution in [3.05, 3.63) is 113 Å². The first kappa shape index (κ1) is 33.4. The first-order valence-corrected chi connectivity index (χ1v) is 18.4. The van der Waals surface area contributed by atoms with Gasteiger partial charge in [-0.2, -0.15) is 0 Å². The number of hydrogen-bond acceptors (Lipinski definition) is 0. The minimum absolute atomic E-state index is 0.00480. The second-order valence-corrected chi connectivity index (χ2v) is 17.6. The fourth-order valence-electron chi connectivity index (χ4n) is 8.64. The number of aryl methyl sites for hydroxylation is 2. The molecule has 0 unspecified atom stereocenters. The number of nitrogens with zero attached hydrogens (tertiary/aromatic N) is 2. The number of fused-ring (bicyclic) bond motifs is 5. The van der Waals surface area contributed by atoms with E-state index in [0.29, 0.717) is 11.8 Å². The summed E-state index contributed by atoms with van der Waals surface area (Å²) < 4.78 is 5.02. The van der Waals surface area contributed by atoms with Crippen molar-refractivity contribution in [2.75, 3.05) is 0 Å². The van der Waals surface area contributed by atoms with E-state index in [4.69, 9.17) is 0 Å². The van der Waals surface area contributed by atoms with Crippen LogP contribution in [0, 0.1) is 12.3 Å². The van der Waals surface area contributed by atoms with Gasteiger partial charge in [-0.3, -0.25) is 0 Å². The standard InChI is InChI=1S/C46H54BN2/c1-28(2)34-18-15-19-35(29(3)4)43(34)47-40-23-33-22-31(26-45(6,7)8)20-21-32(33)24-41(40)49-42(47)27-48(12)44(49)38-25-39(46(9,10)11)37-17-14-13-16-36(37)30(38)5/h13-25,27-29H,26H2,1-12H3/q+1. The van der Waals surface area contributed by atoms with Crippen LogP contribution < -0.4 is 21.1 Å². The maximum atomic E-state index is 2.62. The van der Waals surface area contributed by atoms with Crippen LogP contribution in [0.15, 0.2) is 85.1 Å². The third-order valence-corrected chi connectivity index (χ3v) is 10.8. The van der Waals surface area contributed by atoms with Crippen LogP contribution in [-0.2, 0) is 18.9 Å². The highest BCUT2D eigenvalue weighted by atomic mass is 15.2. The molecule has 2 heterocycles. The zero-order valence-corrected chi connectivity index (χ0v) is 31.9. The lowest BCUT2D eigenvalue weighted by Crippen LogP contribution is -2.53. The van der Waals surface area contributed by atoms with E-state index in [1.54, 1.807) is 0 Å².